The Bertz CT molecular complexity index is 1020. The van der Waals surface area contributed by atoms with Gasteiger partial charge >= 0.3 is 0 Å². The average Bonchev–Trinajstić information content (AvgIpc) is 2.85. The Hall–Kier alpha value is -2.29. The van der Waals surface area contributed by atoms with Gasteiger partial charge in [0.15, 0.2) is 11.6 Å². The number of benzene rings is 2. The molecule has 4 atom stereocenters. The molecule has 0 N–H and O–H groups in total. The van der Waals surface area contributed by atoms with E-state index in [-0.39, 0.29) is 17.3 Å². The van der Waals surface area contributed by atoms with Crippen LogP contribution in [0.2, 0.25) is 0 Å². The maximum Gasteiger partial charge on any atom is 0.166 e. The minimum absolute atomic E-state index is 0.116. The van der Waals surface area contributed by atoms with E-state index < -0.39 is 11.6 Å². The third kappa shape index (κ3) is 5.50. The van der Waals surface area contributed by atoms with Crippen LogP contribution in [0.1, 0.15) is 81.8 Å². The van der Waals surface area contributed by atoms with Gasteiger partial charge in [-0.25, -0.2) is 13.2 Å². The molecule has 34 heavy (non-hydrogen) atoms. The average molecular weight is 467 g/mol. The Balaban J connectivity index is 1.44. The number of hydrogen-bond acceptors (Lipinski definition) is 0. The van der Waals surface area contributed by atoms with Gasteiger partial charge < -0.3 is 0 Å². The lowest BCUT2D eigenvalue weighted by molar-refractivity contribution is 0.114. The highest BCUT2D eigenvalue weighted by Gasteiger charge is 2.36. The number of halogens is 3. The van der Waals surface area contributed by atoms with Gasteiger partial charge in [0, 0.05) is 5.56 Å². The fraction of sp³-hybridized carbons (Fsp3) is 0.484. The number of aryl methyl sites for hydroxylation is 1. The molecule has 182 valence electrons. The second kappa shape index (κ2) is 11.4. The molecule has 2 aromatic carbocycles. The van der Waals surface area contributed by atoms with E-state index in [1.54, 1.807) is 30.3 Å². The molecule has 0 radical (unpaired) electrons. The summed E-state index contributed by atoms with van der Waals surface area (Å²) in [5.41, 5.74) is 1.57. The van der Waals surface area contributed by atoms with Crippen molar-refractivity contribution in [2.45, 2.75) is 77.0 Å². The topological polar surface area (TPSA) is 0 Å². The Morgan fingerprint density at radius 2 is 1.71 bits per heavy atom. The van der Waals surface area contributed by atoms with Crippen molar-refractivity contribution >= 4 is 0 Å². The zero-order chi connectivity index (χ0) is 24.1. The molecule has 2 aliphatic carbocycles. The van der Waals surface area contributed by atoms with Gasteiger partial charge in [-0.05, 0) is 111 Å². The minimum atomic E-state index is -0.902. The summed E-state index contributed by atoms with van der Waals surface area (Å²) < 4.78 is 44.5. The molecule has 0 bridgehead atoms. The molecule has 0 amide bonds. The quantitative estimate of drug-likeness (QED) is 0.340. The predicted octanol–water partition coefficient (Wildman–Crippen LogP) is 9.55. The summed E-state index contributed by atoms with van der Waals surface area (Å²) in [5, 5.41) is 0. The second-order valence-electron chi connectivity index (χ2n) is 10.3. The highest BCUT2D eigenvalue weighted by Crippen LogP contribution is 2.49. The third-order valence-corrected chi connectivity index (χ3v) is 8.23. The van der Waals surface area contributed by atoms with Crippen LogP contribution in [0.25, 0.3) is 11.1 Å². The Morgan fingerprint density at radius 1 is 0.912 bits per heavy atom. The molecule has 2 fully saturated rings. The van der Waals surface area contributed by atoms with Crippen molar-refractivity contribution in [3.8, 4) is 11.1 Å². The number of allylic oxidation sites excluding steroid dienone is 3. The molecular formula is C31H37F3. The van der Waals surface area contributed by atoms with Gasteiger partial charge in [-0.15, -0.1) is 6.58 Å². The first-order chi connectivity index (χ1) is 16.5. The lowest BCUT2D eigenvalue weighted by atomic mass is 9.63. The summed E-state index contributed by atoms with van der Waals surface area (Å²) in [6.07, 6.45) is 16.7. The van der Waals surface area contributed by atoms with Crippen LogP contribution in [-0.2, 0) is 6.42 Å². The SMILES string of the molecule is C=CCCc1ccc(-c2ccc(C3CCC4CC(CC/C=C/C)CCC4C3)c(F)c2)c(F)c1F. The largest absolute Gasteiger partial charge is 0.207 e. The van der Waals surface area contributed by atoms with Crippen LogP contribution in [0.4, 0.5) is 13.2 Å². The smallest absolute Gasteiger partial charge is 0.166 e. The van der Waals surface area contributed by atoms with Gasteiger partial charge in [-0.1, -0.05) is 48.9 Å². The van der Waals surface area contributed by atoms with Crippen LogP contribution in [0.3, 0.4) is 0 Å². The van der Waals surface area contributed by atoms with E-state index in [4.69, 9.17) is 0 Å². The maximum atomic E-state index is 15.2. The molecule has 2 aromatic rings. The summed E-state index contributed by atoms with van der Waals surface area (Å²) >= 11 is 0. The molecule has 0 nitrogen and oxygen atoms in total. The van der Waals surface area contributed by atoms with Crippen molar-refractivity contribution < 1.29 is 13.2 Å². The van der Waals surface area contributed by atoms with Crippen molar-refractivity contribution in [1.29, 1.82) is 0 Å². The third-order valence-electron chi connectivity index (χ3n) is 8.23. The number of fused-ring (bicyclic) bond motifs is 1. The molecular weight excluding hydrogens is 429 g/mol. The summed E-state index contributed by atoms with van der Waals surface area (Å²) in [4.78, 5) is 0. The van der Waals surface area contributed by atoms with Crippen molar-refractivity contribution in [1.82, 2.24) is 0 Å². The molecule has 0 heterocycles. The zero-order valence-corrected chi connectivity index (χ0v) is 20.3. The minimum Gasteiger partial charge on any atom is -0.207 e. The van der Waals surface area contributed by atoms with Crippen LogP contribution in [0.15, 0.2) is 55.1 Å². The summed E-state index contributed by atoms with van der Waals surface area (Å²) in [5.74, 6) is 0.478. The molecule has 0 spiro atoms. The monoisotopic (exact) mass is 466 g/mol. The van der Waals surface area contributed by atoms with E-state index in [1.165, 1.54) is 44.6 Å². The standard InChI is InChI=1S/C31H37F3/c1-3-5-7-8-21-10-11-24-19-25(13-12-23(24)18-21)27-16-15-26(20-29(27)32)28-17-14-22(9-6-4-2)30(33)31(28)34/h3-5,14-17,20-21,23-25H,2,6-13,18-19H2,1H3/b5-3+. The Labute approximate surface area is 203 Å². The first kappa shape index (κ1) is 24.8. The highest BCUT2D eigenvalue weighted by atomic mass is 19.2. The predicted molar refractivity (Wildman–Crippen MR) is 135 cm³/mol. The van der Waals surface area contributed by atoms with E-state index in [9.17, 15) is 8.78 Å². The van der Waals surface area contributed by atoms with Crippen molar-refractivity contribution in [3.05, 3.63) is 83.7 Å². The molecule has 4 rings (SSSR count). The van der Waals surface area contributed by atoms with Crippen molar-refractivity contribution in [2.75, 3.05) is 0 Å². The van der Waals surface area contributed by atoms with Crippen LogP contribution in [0, 0.1) is 35.2 Å². The van der Waals surface area contributed by atoms with Crippen LogP contribution < -0.4 is 0 Å². The van der Waals surface area contributed by atoms with Crippen LogP contribution in [-0.4, -0.2) is 0 Å². The second-order valence-corrected chi connectivity index (χ2v) is 10.3. The molecule has 0 aliphatic heterocycles. The van der Waals surface area contributed by atoms with Crippen LogP contribution >= 0.6 is 0 Å². The van der Waals surface area contributed by atoms with Crippen LogP contribution in [0.5, 0.6) is 0 Å². The summed E-state index contributed by atoms with van der Waals surface area (Å²) in [7, 11) is 0. The molecule has 0 aromatic heterocycles. The van der Waals surface area contributed by atoms with E-state index in [1.807, 2.05) is 0 Å². The number of hydrogen-bond donors (Lipinski definition) is 0. The van der Waals surface area contributed by atoms with E-state index in [0.717, 1.165) is 30.2 Å². The Kier molecular flexibility index (Phi) is 8.34. The first-order valence-electron chi connectivity index (χ1n) is 13.0. The van der Waals surface area contributed by atoms with Crippen molar-refractivity contribution in [3.63, 3.8) is 0 Å². The van der Waals surface area contributed by atoms with E-state index in [0.29, 0.717) is 29.9 Å². The summed E-state index contributed by atoms with van der Waals surface area (Å²) in [6, 6.07) is 8.11. The van der Waals surface area contributed by atoms with Gasteiger partial charge in [-0.2, -0.15) is 0 Å². The van der Waals surface area contributed by atoms with Crippen molar-refractivity contribution in [2.24, 2.45) is 17.8 Å². The van der Waals surface area contributed by atoms with Gasteiger partial charge in [0.25, 0.3) is 0 Å². The molecule has 4 unspecified atom stereocenters. The Morgan fingerprint density at radius 3 is 2.47 bits per heavy atom. The number of rotatable bonds is 8. The fourth-order valence-corrected chi connectivity index (χ4v) is 6.32. The van der Waals surface area contributed by atoms with E-state index in [2.05, 4.69) is 25.7 Å². The van der Waals surface area contributed by atoms with Gasteiger partial charge in [0.05, 0.1) is 0 Å². The molecule has 0 saturated heterocycles. The van der Waals surface area contributed by atoms with Gasteiger partial charge in [0.1, 0.15) is 5.82 Å². The highest BCUT2D eigenvalue weighted by molar-refractivity contribution is 5.65. The zero-order valence-electron chi connectivity index (χ0n) is 20.3. The normalized spacial score (nSPS) is 24.8. The maximum absolute atomic E-state index is 15.2. The lowest BCUT2D eigenvalue weighted by Gasteiger charge is -2.42. The first-order valence-corrected chi connectivity index (χ1v) is 13.0. The summed E-state index contributed by atoms with van der Waals surface area (Å²) in [6.45, 7) is 5.71. The van der Waals surface area contributed by atoms with Gasteiger partial charge in [-0.3, -0.25) is 0 Å². The molecule has 2 aliphatic rings. The van der Waals surface area contributed by atoms with E-state index >= 15 is 4.39 Å². The molecule has 3 heteroatoms. The lowest BCUT2D eigenvalue weighted by Crippen LogP contribution is -2.30. The molecule has 2 saturated carbocycles. The fourth-order valence-electron chi connectivity index (χ4n) is 6.32. The van der Waals surface area contributed by atoms with Gasteiger partial charge in [0.2, 0.25) is 0 Å².